The highest BCUT2D eigenvalue weighted by molar-refractivity contribution is 7.87. The molecule has 0 saturated heterocycles. The van der Waals surface area contributed by atoms with E-state index in [9.17, 15) is 21.6 Å². The lowest BCUT2D eigenvalue weighted by Crippen LogP contribution is -2.61. The molecule has 1 spiro atoms. The first-order chi connectivity index (χ1) is 16.0. The summed E-state index contributed by atoms with van der Waals surface area (Å²) in [5, 5.41) is 0.798. The standard InChI is InChI=1S/C25H38ClF3O4SSi/c1-13(2)35(14(3)4,15(5)6)33-23-18-10-17(32-34(30,31)25(27,28)29)11-19(23)22-16(7)21(26)12-20(18)24(22)8-9-24/h11-16,18-20,22-23H,8-10H2,1-7H3/t16-,18-,19-,20+,22+,23-/m1/s1. The molecule has 2 saturated carbocycles. The number of rotatable bonds is 7. The van der Waals surface area contributed by atoms with Gasteiger partial charge >= 0.3 is 15.6 Å². The van der Waals surface area contributed by atoms with Crippen molar-refractivity contribution < 1.29 is 30.2 Å². The van der Waals surface area contributed by atoms with Crippen molar-refractivity contribution in [2.45, 2.75) is 96.0 Å². The molecule has 4 bridgehead atoms. The van der Waals surface area contributed by atoms with E-state index in [0.29, 0.717) is 16.6 Å². The second-order valence-electron chi connectivity index (χ2n) is 12.1. The normalized spacial score (nSPS) is 34.3. The van der Waals surface area contributed by atoms with E-state index in [0.717, 1.165) is 17.9 Å². The molecule has 0 unspecified atom stereocenters. The van der Waals surface area contributed by atoms with Crippen molar-refractivity contribution in [2.75, 3.05) is 0 Å². The Hall–Kier alpha value is -0.513. The topological polar surface area (TPSA) is 52.6 Å². The first-order valence-corrected chi connectivity index (χ1v) is 16.7. The van der Waals surface area contributed by atoms with Gasteiger partial charge in [-0.3, -0.25) is 0 Å². The van der Waals surface area contributed by atoms with Crippen LogP contribution in [-0.2, 0) is 18.7 Å². The molecule has 4 aliphatic carbocycles. The maximum absolute atomic E-state index is 13.1. The van der Waals surface area contributed by atoms with Gasteiger partial charge in [0.05, 0.1) is 6.10 Å². The molecule has 4 nitrogen and oxygen atoms in total. The predicted octanol–water partition coefficient (Wildman–Crippen LogP) is 7.73. The lowest BCUT2D eigenvalue weighted by atomic mass is 9.50. The van der Waals surface area contributed by atoms with Gasteiger partial charge in [-0.1, -0.05) is 66.1 Å². The van der Waals surface area contributed by atoms with Crippen LogP contribution in [0.4, 0.5) is 13.2 Å². The van der Waals surface area contributed by atoms with Crippen molar-refractivity contribution in [1.29, 1.82) is 0 Å². The quantitative estimate of drug-likeness (QED) is 0.183. The summed E-state index contributed by atoms with van der Waals surface area (Å²) in [6.07, 6.45) is 5.76. The third-order valence-electron chi connectivity index (χ3n) is 9.51. The number of alkyl halides is 3. The first kappa shape index (κ1) is 27.5. The molecule has 10 heteroatoms. The first-order valence-electron chi connectivity index (χ1n) is 12.8. The lowest BCUT2D eigenvalue weighted by Gasteiger charge is -2.60. The Kier molecular flexibility index (Phi) is 6.89. The summed E-state index contributed by atoms with van der Waals surface area (Å²) in [6.45, 7) is 15.4. The summed E-state index contributed by atoms with van der Waals surface area (Å²) < 4.78 is 75.2. The van der Waals surface area contributed by atoms with E-state index in [2.05, 4.69) is 54.5 Å². The average Bonchev–Trinajstić information content (AvgIpc) is 3.48. The van der Waals surface area contributed by atoms with Crippen LogP contribution in [0, 0.1) is 35.0 Å². The third-order valence-corrected chi connectivity index (χ3v) is 17.1. The van der Waals surface area contributed by atoms with Gasteiger partial charge in [0, 0.05) is 17.4 Å². The number of fused-ring (bicyclic) bond motifs is 4. The molecule has 0 N–H and O–H groups in total. The smallest absolute Gasteiger partial charge is 0.412 e. The van der Waals surface area contributed by atoms with Gasteiger partial charge in [-0.2, -0.15) is 21.6 Å². The Morgan fingerprint density at radius 3 is 2.06 bits per heavy atom. The molecule has 2 fully saturated rings. The van der Waals surface area contributed by atoms with E-state index in [1.165, 1.54) is 0 Å². The van der Waals surface area contributed by atoms with Gasteiger partial charge in [0.15, 0.2) is 0 Å². The Balaban J connectivity index is 1.82. The molecule has 4 aliphatic rings. The van der Waals surface area contributed by atoms with Crippen molar-refractivity contribution in [3.05, 3.63) is 22.9 Å². The monoisotopic (exact) mass is 554 g/mol. The zero-order chi connectivity index (χ0) is 26.3. The van der Waals surface area contributed by atoms with Crippen LogP contribution >= 0.6 is 11.6 Å². The summed E-state index contributed by atoms with van der Waals surface area (Å²) in [4.78, 5) is 0. The SMILES string of the molecule is CC(C)[Si](O[C@H]1[C@@H]2C=C(OS(=O)(=O)C(F)(F)F)C[C@@H]1[C@@H]1C=C(Cl)[C@@H](C)[C@@H]2C12CC2)(C(C)C)C(C)C. The van der Waals surface area contributed by atoms with Gasteiger partial charge in [-0.15, -0.1) is 0 Å². The van der Waals surface area contributed by atoms with Crippen LogP contribution in [-0.4, -0.2) is 28.3 Å². The fourth-order valence-electron chi connectivity index (χ4n) is 8.17. The van der Waals surface area contributed by atoms with Crippen LogP contribution in [0.15, 0.2) is 22.9 Å². The summed E-state index contributed by atoms with van der Waals surface area (Å²) in [5.74, 6) is -0.380. The maximum atomic E-state index is 13.1. The summed E-state index contributed by atoms with van der Waals surface area (Å²) in [5.41, 5.74) is -4.35. The van der Waals surface area contributed by atoms with Crippen LogP contribution < -0.4 is 0 Å². The Morgan fingerprint density at radius 2 is 1.60 bits per heavy atom. The predicted molar refractivity (Wildman–Crippen MR) is 133 cm³/mol. The van der Waals surface area contributed by atoms with Gasteiger partial charge in [-0.25, -0.2) is 0 Å². The van der Waals surface area contributed by atoms with E-state index in [4.69, 9.17) is 20.2 Å². The highest BCUT2D eigenvalue weighted by Crippen LogP contribution is 2.73. The Bertz CT molecular complexity index is 994. The minimum atomic E-state index is -5.72. The van der Waals surface area contributed by atoms with E-state index < -0.39 is 23.9 Å². The summed E-state index contributed by atoms with van der Waals surface area (Å²) >= 11 is 6.70. The zero-order valence-corrected chi connectivity index (χ0v) is 24.1. The van der Waals surface area contributed by atoms with Crippen LogP contribution in [0.1, 0.15) is 67.7 Å². The second kappa shape index (κ2) is 8.77. The Morgan fingerprint density at radius 1 is 1.06 bits per heavy atom. The van der Waals surface area contributed by atoms with Crippen LogP contribution in [0.25, 0.3) is 0 Å². The molecule has 0 heterocycles. The van der Waals surface area contributed by atoms with E-state index >= 15 is 0 Å². The molecular formula is C25H38ClF3O4SSi. The summed E-state index contributed by atoms with van der Waals surface area (Å²) in [6, 6.07) is 0. The lowest BCUT2D eigenvalue weighted by molar-refractivity contribution is -0.0857. The largest absolute Gasteiger partial charge is 0.534 e. The van der Waals surface area contributed by atoms with Crippen molar-refractivity contribution in [3.63, 3.8) is 0 Å². The molecule has 0 radical (unpaired) electrons. The third kappa shape index (κ3) is 4.15. The number of halogens is 4. The minimum Gasteiger partial charge on any atom is -0.412 e. The molecule has 35 heavy (non-hydrogen) atoms. The van der Waals surface area contributed by atoms with Crippen molar-refractivity contribution in [2.24, 2.45) is 35.0 Å². The molecule has 0 amide bonds. The molecule has 0 aliphatic heterocycles. The van der Waals surface area contributed by atoms with Gasteiger partial charge in [-0.05, 0) is 64.6 Å². The van der Waals surface area contributed by atoms with E-state index in [1.807, 2.05) is 0 Å². The van der Waals surface area contributed by atoms with E-state index in [1.54, 1.807) is 6.08 Å². The molecule has 4 rings (SSSR count). The summed E-state index contributed by atoms with van der Waals surface area (Å²) in [7, 11) is -8.04. The van der Waals surface area contributed by atoms with E-state index in [-0.39, 0.29) is 53.3 Å². The highest BCUT2D eigenvalue weighted by atomic mass is 35.5. The minimum absolute atomic E-state index is 0.0236. The van der Waals surface area contributed by atoms with Crippen LogP contribution in [0.3, 0.4) is 0 Å². The molecule has 200 valence electrons. The number of allylic oxidation sites excluding steroid dienone is 3. The molecule has 0 aromatic heterocycles. The number of hydrogen-bond acceptors (Lipinski definition) is 4. The van der Waals surface area contributed by atoms with Crippen LogP contribution in [0.5, 0.6) is 0 Å². The number of hydrogen-bond donors (Lipinski definition) is 0. The molecule has 0 aromatic carbocycles. The average molecular weight is 555 g/mol. The van der Waals surface area contributed by atoms with Gasteiger partial charge in [0.25, 0.3) is 0 Å². The molecule has 6 atom stereocenters. The highest BCUT2D eigenvalue weighted by Gasteiger charge is 2.69. The molecular weight excluding hydrogens is 517 g/mol. The van der Waals surface area contributed by atoms with Crippen molar-refractivity contribution in [1.82, 2.24) is 0 Å². The van der Waals surface area contributed by atoms with Gasteiger partial charge in [0.2, 0.25) is 8.32 Å². The van der Waals surface area contributed by atoms with Crippen molar-refractivity contribution in [3.8, 4) is 0 Å². The van der Waals surface area contributed by atoms with Crippen molar-refractivity contribution >= 4 is 30.0 Å². The fourth-order valence-corrected chi connectivity index (χ4v) is 14.6. The van der Waals surface area contributed by atoms with Gasteiger partial charge < -0.3 is 8.61 Å². The second-order valence-corrected chi connectivity index (χ2v) is 19.5. The Labute approximate surface area is 213 Å². The molecule has 0 aromatic rings. The fraction of sp³-hybridized carbons (Fsp3) is 0.840. The van der Waals surface area contributed by atoms with Gasteiger partial charge in [0.1, 0.15) is 5.76 Å². The van der Waals surface area contributed by atoms with Crippen LogP contribution in [0.2, 0.25) is 16.6 Å². The maximum Gasteiger partial charge on any atom is 0.534 e. The zero-order valence-electron chi connectivity index (χ0n) is 21.5.